The molecule has 0 aliphatic carbocycles. The first-order valence-electron chi connectivity index (χ1n) is 7.27. The number of hydrogen-bond donors (Lipinski definition) is 1. The maximum absolute atomic E-state index is 10.3. The van der Waals surface area contributed by atoms with Gasteiger partial charge in [0.1, 0.15) is 0 Å². The Morgan fingerprint density at radius 2 is 1.79 bits per heavy atom. The van der Waals surface area contributed by atoms with Crippen molar-refractivity contribution >= 4 is 15.9 Å². The molecule has 19 heavy (non-hydrogen) atoms. The highest BCUT2D eigenvalue weighted by atomic mass is 79.9. The van der Waals surface area contributed by atoms with E-state index in [1.165, 1.54) is 19.3 Å². The summed E-state index contributed by atoms with van der Waals surface area (Å²) in [6.07, 6.45) is 4.39. The molecule has 2 rings (SSSR count). The number of aliphatic hydroxyl groups excluding tert-OH is 1. The lowest BCUT2D eigenvalue weighted by Crippen LogP contribution is -2.44. The third kappa shape index (κ3) is 4.04. The van der Waals surface area contributed by atoms with E-state index < -0.39 is 0 Å². The van der Waals surface area contributed by atoms with Gasteiger partial charge in [-0.15, -0.1) is 0 Å². The maximum atomic E-state index is 10.3. The van der Waals surface area contributed by atoms with E-state index in [9.17, 15) is 5.11 Å². The first kappa shape index (κ1) is 15.0. The average molecular weight is 326 g/mol. The summed E-state index contributed by atoms with van der Waals surface area (Å²) >= 11 is 3.42. The maximum Gasteiger partial charge on any atom is 0.0802 e. The molecule has 0 radical (unpaired) electrons. The summed E-state index contributed by atoms with van der Waals surface area (Å²) in [7, 11) is 0. The topological polar surface area (TPSA) is 23.5 Å². The van der Waals surface area contributed by atoms with Gasteiger partial charge in [-0.05, 0) is 50.8 Å². The van der Waals surface area contributed by atoms with Crippen molar-refractivity contribution in [1.29, 1.82) is 0 Å². The van der Waals surface area contributed by atoms with Crippen LogP contribution in [0.15, 0.2) is 28.7 Å². The van der Waals surface area contributed by atoms with Crippen LogP contribution in [0.4, 0.5) is 0 Å². The molecule has 1 aromatic rings. The summed E-state index contributed by atoms with van der Waals surface area (Å²) < 4.78 is 1.06. The quantitative estimate of drug-likeness (QED) is 0.899. The monoisotopic (exact) mass is 325 g/mol. The summed E-state index contributed by atoms with van der Waals surface area (Å²) in [4.78, 5) is 2.55. The van der Waals surface area contributed by atoms with Crippen LogP contribution in [-0.4, -0.2) is 28.6 Å². The van der Waals surface area contributed by atoms with Gasteiger partial charge in [-0.1, -0.05) is 34.5 Å². The average Bonchev–Trinajstić information content (AvgIpc) is 2.38. The highest BCUT2D eigenvalue weighted by Crippen LogP contribution is 2.25. The smallest absolute Gasteiger partial charge is 0.0802 e. The molecule has 0 saturated carbocycles. The zero-order chi connectivity index (χ0) is 13.8. The molecule has 1 N–H and O–H groups in total. The van der Waals surface area contributed by atoms with Gasteiger partial charge in [0.15, 0.2) is 0 Å². The molecule has 0 bridgehead atoms. The van der Waals surface area contributed by atoms with Crippen LogP contribution < -0.4 is 0 Å². The fourth-order valence-electron chi connectivity index (χ4n) is 3.04. The molecular weight excluding hydrogens is 302 g/mol. The SMILES string of the molecule is CC1CCCC(C)N1CCC(O)c1ccc(Br)cc1. The number of benzene rings is 1. The van der Waals surface area contributed by atoms with E-state index in [0.717, 1.165) is 23.0 Å². The lowest BCUT2D eigenvalue weighted by Gasteiger charge is -2.39. The number of halogens is 1. The minimum atomic E-state index is -0.352. The van der Waals surface area contributed by atoms with Gasteiger partial charge in [0.05, 0.1) is 6.10 Å². The molecule has 1 aliphatic heterocycles. The lowest BCUT2D eigenvalue weighted by molar-refractivity contribution is 0.0748. The number of likely N-dealkylation sites (tertiary alicyclic amines) is 1. The van der Waals surface area contributed by atoms with Crippen LogP contribution in [-0.2, 0) is 0 Å². The fraction of sp³-hybridized carbons (Fsp3) is 0.625. The Morgan fingerprint density at radius 1 is 1.21 bits per heavy atom. The summed E-state index contributed by atoms with van der Waals surface area (Å²) in [5.41, 5.74) is 1.01. The van der Waals surface area contributed by atoms with E-state index in [2.05, 4.69) is 34.7 Å². The molecule has 3 heteroatoms. The number of piperidine rings is 1. The Bertz CT molecular complexity index is 382. The van der Waals surface area contributed by atoms with Crippen LogP contribution >= 0.6 is 15.9 Å². The van der Waals surface area contributed by atoms with Gasteiger partial charge >= 0.3 is 0 Å². The van der Waals surface area contributed by atoms with Crippen molar-refractivity contribution in [2.45, 2.75) is 57.7 Å². The summed E-state index contributed by atoms with van der Waals surface area (Å²) in [5, 5.41) is 10.3. The molecule has 1 aliphatic rings. The Morgan fingerprint density at radius 3 is 2.37 bits per heavy atom. The zero-order valence-electron chi connectivity index (χ0n) is 11.8. The van der Waals surface area contributed by atoms with E-state index in [0.29, 0.717) is 12.1 Å². The molecule has 3 atom stereocenters. The molecule has 0 spiro atoms. The first-order chi connectivity index (χ1) is 9.08. The Hall–Kier alpha value is -0.380. The van der Waals surface area contributed by atoms with E-state index in [1.54, 1.807) is 0 Å². The molecule has 3 unspecified atom stereocenters. The standard InChI is InChI=1S/C16H24BrNO/c1-12-4-3-5-13(2)18(12)11-10-16(19)14-6-8-15(17)9-7-14/h6-9,12-13,16,19H,3-5,10-11H2,1-2H3. The molecule has 2 nitrogen and oxygen atoms in total. The summed E-state index contributed by atoms with van der Waals surface area (Å²) in [6, 6.07) is 9.28. The third-order valence-electron chi connectivity index (χ3n) is 4.29. The minimum Gasteiger partial charge on any atom is -0.388 e. The number of aliphatic hydroxyl groups is 1. The van der Waals surface area contributed by atoms with Crippen molar-refractivity contribution in [2.75, 3.05) is 6.54 Å². The number of rotatable bonds is 4. The molecule has 0 amide bonds. The van der Waals surface area contributed by atoms with Gasteiger partial charge in [-0.3, -0.25) is 4.90 Å². The molecule has 106 valence electrons. The normalized spacial score (nSPS) is 26.3. The van der Waals surface area contributed by atoms with Crippen molar-refractivity contribution in [3.63, 3.8) is 0 Å². The second-order valence-corrected chi connectivity index (χ2v) is 6.64. The Labute approximate surface area is 124 Å². The van der Waals surface area contributed by atoms with Gasteiger partial charge in [0.25, 0.3) is 0 Å². The van der Waals surface area contributed by atoms with Crippen molar-refractivity contribution in [3.8, 4) is 0 Å². The Balaban J connectivity index is 1.88. The lowest BCUT2D eigenvalue weighted by atomic mass is 9.96. The molecule has 1 fully saturated rings. The van der Waals surface area contributed by atoms with E-state index in [1.807, 2.05) is 24.3 Å². The van der Waals surface area contributed by atoms with Crippen LogP contribution in [0.5, 0.6) is 0 Å². The van der Waals surface area contributed by atoms with Gasteiger partial charge in [0, 0.05) is 23.1 Å². The van der Waals surface area contributed by atoms with Gasteiger partial charge in [-0.25, -0.2) is 0 Å². The van der Waals surface area contributed by atoms with Crippen molar-refractivity contribution < 1.29 is 5.11 Å². The largest absolute Gasteiger partial charge is 0.388 e. The Kier molecular flexibility index (Phi) is 5.43. The minimum absolute atomic E-state index is 0.352. The van der Waals surface area contributed by atoms with E-state index >= 15 is 0 Å². The van der Waals surface area contributed by atoms with E-state index in [4.69, 9.17) is 0 Å². The number of nitrogens with zero attached hydrogens (tertiary/aromatic N) is 1. The molecular formula is C16H24BrNO. The van der Waals surface area contributed by atoms with Crippen LogP contribution in [0, 0.1) is 0 Å². The third-order valence-corrected chi connectivity index (χ3v) is 4.82. The van der Waals surface area contributed by atoms with Crippen LogP contribution in [0.2, 0.25) is 0 Å². The van der Waals surface area contributed by atoms with Gasteiger partial charge in [-0.2, -0.15) is 0 Å². The first-order valence-corrected chi connectivity index (χ1v) is 8.06. The second-order valence-electron chi connectivity index (χ2n) is 5.72. The molecule has 1 saturated heterocycles. The summed E-state index contributed by atoms with van der Waals surface area (Å²) in [6.45, 7) is 5.60. The van der Waals surface area contributed by atoms with E-state index in [-0.39, 0.29) is 6.10 Å². The van der Waals surface area contributed by atoms with Crippen molar-refractivity contribution in [3.05, 3.63) is 34.3 Å². The fourth-order valence-corrected chi connectivity index (χ4v) is 3.30. The van der Waals surface area contributed by atoms with Crippen molar-refractivity contribution in [1.82, 2.24) is 4.90 Å². The second kappa shape index (κ2) is 6.87. The predicted octanol–water partition coefficient (Wildman–Crippen LogP) is 4.14. The van der Waals surface area contributed by atoms with Crippen LogP contribution in [0.3, 0.4) is 0 Å². The highest BCUT2D eigenvalue weighted by Gasteiger charge is 2.24. The molecule has 1 heterocycles. The molecule has 0 aromatic heterocycles. The predicted molar refractivity (Wildman–Crippen MR) is 83.2 cm³/mol. The summed E-state index contributed by atoms with van der Waals surface area (Å²) in [5.74, 6) is 0. The van der Waals surface area contributed by atoms with Gasteiger partial charge in [0.2, 0.25) is 0 Å². The highest BCUT2D eigenvalue weighted by molar-refractivity contribution is 9.10. The van der Waals surface area contributed by atoms with Crippen LogP contribution in [0.25, 0.3) is 0 Å². The number of hydrogen-bond acceptors (Lipinski definition) is 2. The van der Waals surface area contributed by atoms with Gasteiger partial charge < -0.3 is 5.11 Å². The molecule has 1 aromatic carbocycles. The zero-order valence-corrected chi connectivity index (χ0v) is 13.4. The van der Waals surface area contributed by atoms with Crippen molar-refractivity contribution in [2.24, 2.45) is 0 Å². The van der Waals surface area contributed by atoms with Crippen LogP contribution in [0.1, 0.15) is 51.2 Å².